The van der Waals surface area contributed by atoms with Crippen LogP contribution < -0.4 is 5.32 Å². The van der Waals surface area contributed by atoms with Crippen LogP contribution in [0.5, 0.6) is 0 Å². The molecular formula is C19H13ClN4. The quantitative estimate of drug-likeness (QED) is 0.858. The second-order valence-corrected chi connectivity index (χ2v) is 5.51. The maximum Gasteiger partial charge on any atom is 0.125 e. The third-order valence-corrected chi connectivity index (χ3v) is 3.88. The highest BCUT2D eigenvalue weighted by atomic mass is 35.5. The first-order chi connectivity index (χ1) is 11.7. The molecule has 1 N–H and O–H groups in total. The van der Waals surface area contributed by atoms with Gasteiger partial charge in [-0.1, -0.05) is 35.7 Å². The summed E-state index contributed by atoms with van der Waals surface area (Å²) >= 11 is 6.35. The van der Waals surface area contributed by atoms with E-state index in [0.29, 0.717) is 35.2 Å². The van der Waals surface area contributed by atoms with Crippen LogP contribution in [0.3, 0.4) is 0 Å². The molecule has 5 heteroatoms. The van der Waals surface area contributed by atoms with Crippen molar-refractivity contribution in [2.75, 3.05) is 13.1 Å². The van der Waals surface area contributed by atoms with Crippen LogP contribution in [0.2, 0.25) is 5.02 Å². The molecule has 0 fully saturated rings. The second kappa shape index (κ2) is 7.00. The standard InChI is InChI=1S/C19H13ClN4/c1-2-9-22-18-12-23-19(14-5-3-4-6-16(14)20)15-10-13(11-21)7-8-17(15)24-18/h1,3-8,10H,9,12H2,(H,22,24). The van der Waals surface area contributed by atoms with E-state index in [1.54, 1.807) is 12.1 Å². The zero-order valence-electron chi connectivity index (χ0n) is 12.8. The van der Waals surface area contributed by atoms with Crippen molar-refractivity contribution in [1.29, 1.82) is 5.26 Å². The zero-order valence-corrected chi connectivity index (χ0v) is 13.5. The number of aliphatic imine (C=N–C) groups is 2. The Labute approximate surface area is 145 Å². The lowest BCUT2D eigenvalue weighted by molar-refractivity contribution is 1.03. The van der Waals surface area contributed by atoms with Crippen LogP contribution in [0.4, 0.5) is 5.69 Å². The fourth-order valence-electron chi connectivity index (χ4n) is 2.44. The van der Waals surface area contributed by atoms with Gasteiger partial charge < -0.3 is 5.32 Å². The van der Waals surface area contributed by atoms with Crippen LogP contribution >= 0.6 is 11.6 Å². The van der Waals surface area contributed by atoms with Gasteiger partial charge in [0.15, 0.2) is 0 Å². The summed E-state index contributed by atoms with van der Waals surface area (Å²) in [5, 5.41) is 12.9. The summed E-state index contributed by atoms with van der Waals surface area (Å²) in [6, 6.07) is 15.0. The average molecular weight is 333 g/mol. The highest BCUT2D eigenvalue weighted by Crippen LogP contribution is 2.29. The monoisotopic (exact) mass is 332 g/mol. The summed E-state index contributed by atoms with van der Waals surface area (Å²) in [5.74, 6) is 3.21. The molecule has 0 saturated heterocycles. The van der Waals surface area contributed by atoms with E-state index in [-0.39, 0.29) is 0 Å². The highest BCUT2D eigenvalue weighted by Gasteiger charge is 2.18. The number of hydrogen-bond donors (Lipinski definition) is 1. The predicted molar refractivity (Wildman–Crippen MR) is 97.0 cm³/mol. The van der Waals surface area contributed by atoms with Crippen LogP contribution in [0.25, 0.3) is 0 Å². The number of halogens is 1. The van der Waals surface area contributed by atoms with E-state index in [1.165, 1.54) is 0 Å². The number of benzene rings is 2. The second-order valence-electron chi connectivity index (χ2n) is 5.10. The average Bonchev–Trinajstić information content (AvgIpc) is 2.79. The molecule has 0 radical (unpaired) electrons. The summed E-state index contributed by atoms with van der Waals surface area (Å²) < 4.78 is 0. The van der Waals surface area contributed by atoms with Crippen LogP contribution in [0.1, 0.15) is 16.7 Å². The Morgan fingerprint density at radius 1 is 1.21 bits per heavy atom. The van der Waals surface area contributed by atoms with E-state index in [4.69, 9.17) is 18.0 Å². The van der Waals surface area contributed by atoms with Gasteiger partial charge in [-0.05, 0) is 24.3 Å². The summed E-state index contributed by atoms with van der Waals surface area (Å²) in [6.07, 6.45) is 5.30. The van der Waals surface area contributed by atoms with Gasteiger partial charge in [-0.3, -0.25) is 4.99 Å². The first-order valence-corrected chi connectivity index (χ1v) is 7.69. The summed E-state index contributed by atoms with van der Waals surface area (Å²) in [4.78, 5) is 9.27. The van der Waals surface area contributed by atoms with Gasteiger partial charge in [0.2, 0.25) is 0 Å². The van der Waals surface area contributed by atoms with Crippen LogP contribution in [0.15, 0.2) is 52.4 Å². The van der Waals surface area contributed by atoms with Crippen molar-refractivity contribution in [1.82, 2.24) is 5.32 Å². The Hall–Kier alpha value is -3.08. The van der Waals surface area contributed by atoms with Crippen LogP contribution in [0, 0.1) is 23.7 Å². The third kappa shape index (κ3) is 3.15. The molecule has 0 aliphatic carbocycles. The molecule has 0 spiro atoms. The first-order valence-electron chi connectivity index (χ1n) is 7.31. The zero-order chi connectivity index (χ0) is 16.9. The Balaban J connectivity index is 2.16. The molecule has 4 nitrogen and oxygen atoms in total. The van der Waals surface area contributed by atoms with E-state index >= 15 is 0 Å². The summed E-state index contributed by atoms with van der Waals surface area (Å²) in [7, 11) is 0. The minimum Gasteiger partial charge on any atom is -0.361 e. The molecule has 0 saturated carbocycles. The van der Waals surface area contributed by atoms with Crippen molar-refractivity contribution < 1.29 is 0 Å². The van der Waals surface area contributed by atoms with Crippen molar-refractivity contribution in [2.24, 2.45) is 9.98 Å². The minimum absolute atomic E-state index is 0.360. The molecule has 0 amide bonds. The fraction of sp³-hybridized carbons (Fsp3) is 0.105. The number of fused-ring (bicyclic) bond motifs is 1. The molecule has 2 aromatic carbocycles. The molecule has 0 unspecified atom stereocenters. The molecule has 1 heterocycles. The summed E-state index contributed by atoms with van der Waals surface area (Å²) in [6.45, 7) is 0.736. The molecular weight excluding hydrogens is 320 g/mol. The lowest BCUT2D eigenvalue weighted by Gasteiger charge is -2.10. The Morgan fingerprint density at radius 3 is 2.79 bits per heavy atom. The maximum absolute atomic E-state index is 9.20. The minimum atomic E-state index is 0.360. The van der Waals surface area contributed by atoms with Gasteiger partial charge >= 0.3 is 0 Å². The highest BCUT2D eigenvalue weighted by molar-refractivity contribution is 6.36. The topological polar surface area (TPSA) is 60.5 Å². The van der Waals surface area contributed by atoms with E-state index in [1.807, 2.05) is 30.3 Å². The van der Waals surface area contributed by atoms with Crippen molar-refractivity contribution in [3.63, 3.8) is 0 Å². The number of rotatable bonds is 2. The number of amidine groups is 1. The SMILES string of the molecule is C#CCNC1=Nc2ccc(C#N)cc2C(c2ccccc2Cl)=NC1. The van der Waals surface area contributed by atoms with Gasteiger partial charge in [-0.15, -0.1) is 6.42 Å². The molecule has 24 heavy (non-hydrogen) atoms. The maximum atomic E-state index is 9.20. The Morgan fingerprint density at radius 2 is 2.04 bits per heavy atom. The smallest absolute Gasteiger partial charge is 0.125 e. The molecule has 0 aromatic heterocycles. The Bertz CT molecular complexity index is 929. The fourth-order valence-corrected chi connectivity index (χ4v) is 2.67. The molecule has 116 valence electrons. The van der Waals surface area contributed by atoms with Crippen LogP contribution in [-0.4, -0.2) is 24.6 Å². The van der Waals surface area contributed by atoms with E-state index in [0.717, 1.165) is 16.8 Å². The van der Waals surface area contributed by atoms with Gasteiger partial charge in [0.1, 0.15) is 5.84 Å². The van der Waals surface area contributed by atoms with Crippen molar-refractivity contribution >= 4 is 28.8 Å². The third-order valence-electron chi connectivity index (χ3n) is 3.55. The van der Waals surface area contributed by atoms with E-state index in [2.05, 4.69) is 27.3 Å². The number of nitriles is 1. The van der Waals surface area contributed by atoms with Crippen LogP contribution in [-0.2, 0) is 0 Å². The molecule has 2 aromatic rings. The van der Waals surface area contributed by atoms with Crippen molar-refractivity contribution in [2.45, 2.75) is 0 Å². The first kappa shape index (κ1) is 15.8. The Kier molecular flexibility index (Phi) is 4.61. The van der Waals surface area contributed by atoms with Gasteiger partial charge in [-0.25, -0.2) is 4.99 Å². The predicted octanol–water partition coefficient (Wildman–Crippen LogP) is 3.32. The van der Waals surface area contributed by atoms with Crippen molar-refractivity contribution in [3.05, 3.63) is 64.2 Å². The van der Waals surface area contributed by atoms with E-state index in [9.17, 15) is 5.26 Å². The normalized spacial score (nSPS) is 12.8. The largest absolute Gasteiger partial charge is 0.361 e. The number of nitrogens with one attached hydrogen (secondary N) is 1. The van der Waals surface area contributed by atoms with E-state index < -0.39 is 0 Å². The van der Waals surface area contributed by atoms with Gasteiger partial charge in [-0.2, -0.15) is 5.26 Å². The number of hydrogen-bond acceptors (Lipinski definition) is 4. The van der Waals surface area contributed by atoms with Gasteiger partial charge in [0.25, 0.3) is 0 Å². The molecule has 1 aliphatic rings. The molecule has 3 rings (SSSR count). The van der Waals surface area contributed by atoms with Crippen molar-refractivity contribution in [3.8, 4) is 18.4 Å². The molecule has 0 atom stereocenters. The van der Waals surface area contributed by atoms with Gasteiger partial charge in [0, 0.05) is 16.1 Å². The number of terminal acetylenes is 1. The number of nitrogens with zero attached hydrogens (tertiary/aromatic N) is 3. The lowest BCUT2D eigenvalue weighted by Crippen LogP contribution is -2.26. The lowest BCUT2D eigenvalue weighted by atomic mass is 9.99. The molecule has 0 bridgehead atoms. The summed E-state index contributed by atoms with van der Waals surface area (Å²) in [5.41, 5.74) is 3.57. The van der Waals surface area contributed by atoms with Gasteiger partial charge in [0.05, 0.1) is 36.1 Å². The molecule has 1 aliphatic heterocycles.